The maximum Gasteiger partial charge on any atom is 0.354 e. The van der Waals surface area contributed by atoms with Crippen molar-refractivity contribution in [2.45, 2.75) is 6.42 Å². The number of anilines is 1. The molecule has 6 nitrogen and oxygen atoms in total. The second-order valence-corrected chi connectivity index (χ2v) is 4.97. The van der Waals surface area contributed by atoms with Crippen molar-refractivity contribution in [3.8, 4) is 0 Å². The first-order valence-corrected chi connectivity index (χ1v) is 6.80. The van der Waals surface area contributed by atoms with Crippen LogP contribution in [-0.2, 0) is 4.79 Å². The summed E-state index contributed by atoms with van der Waals surface area (Å²) in [6.45, 7) is 1.57. The zero-order valence-electron chi connectivity index (χ0n) is 11.4. The summed E-state index contributed by atoms with van der Waals surface area (Å²) >= 11 is 0. The Bertz CT molecular complexity index is 714. The SMILES string of the molecule is O=C1CN(c2cc(C(=O)O)nc3ccccc23)CCCN1. The summed E-state index contributed by atoms with van der Waals surface area (Å²) in [6, 6.07) is 8.92. The van der Waals surface area contributed by atoms with E-state index in [0.29, 0.717) is 18.6 Å². The first kappa shape index (κ1) is 13.4. The van der Waals surface area contributed by atoms with Gasteiger partial charge in [0.1, 0.15) is 0 Å². The number of para-hydroxylation sites is 1. The van der Waals surface area contributed by atoms with Gasteiger partial charge < -0.3 is 15.3 Å². The quantitative estimate of drug-likeness (QED) is 0.868. The normalized spacial score (nSPS) is 15.6. The predicted molar refractivity (Wildman–Crippen MR) is 78.5 cm³/mol. The molecule has 6 heteroatoms. The molecule has 21 heavy (non-hydrogen) atoms. The minimum absolute atomic E-state index is 0.00615. The lowest BCUT2D eigenvalue weighted by Crippen LogP contribution is -2.33. The van der Waals surface area contributed by atoms with E-state index in [-0.39, 0.29) is 18.1 Å². The molecule has 0 unspecified atom stereocenters. The molecule has 0 aliphatic carbocycles. The minimum Gasteiger partial charge on any atom is -0.477 e. The van der Waals surface area contributed by atoms with Crippen LogP contribution in [0.25, 0.3) is 10.9 Å². The largest absolute Gasteiger partial charge is 0.477 e. The number of carbonyl (C=O) groups excluding carboxylic acids is 1. The van der Waals surface area contributed by atoms with Crippen molar-refractivity contribution in [1.29, 1.82) is 0 Å². The molecule has 0 spiro atoms. The number of fused-ring (bicyclic) bond motifs is 1. The number of nitrogens with zero attached hydrogens (tertiary/aromatic N) is 2. The van der Waals surface area contributed by atoms with Gasteiger partial charge in [0.15, 0.2) is 5.69 Å². The summed E-state index contributed by atoms with van der Waals surface area (Å²) < 4.78 is 0. The third-order valence-corrected chi connectivity index (χ3v) is 3.52. The van der Waals surface area contributed by atoms with Crippen LogP contribution >= 0.6 is 0 Å². The molecule has 2 heterocycles. The Labute approximate surface area is 121 Å². The van der Waals surface area contributed by atoms with E-state index in [0.717, 1.165) is 17.5 Å². The average Bonchev–Trinajstić information content (AvgIpc) is 2.70. The van der Waals surface area contributed by atoms with Crippen LogP contribution < -0.4 is 10.2 Å². The Balaban J connectivity index is 2.14. The first-order valence-electron chi connectivity index (χ1n) is 6.80. The number of hydrogen-bond donors (Lipinski definition) is 2. The number of pyridine rings is 1. The van der Waals surface area contributed by atoms with E-state index in [1.165, 1.54) is 0 Å². The van der Waals surface area contributed by atoms with Crippen LogP contribution in [0.15, 0.2) is 30.3 Å². The van der Waals surface area contributed by atoms with Crippen molar-refractivity contribution in [3.63, 3.8) is 0 Å². The van der Waals surface area contributed by atoms with E-state index in [1.54, 1.807) is 12.1 Å². The molecule has 3 rings (SSSR count). The number of amides is 1. The van der Waals surface area contributed by atoms with Crippen LogP contribution in [0.1, 0.15) is 16.9 Å². The number of aromatic nitrogens is 1. The summed E-state index contributed by atoms with van der Waals surface area (Å²) in [6.07, 6.45) is 0.824. The molecule has 0 atom stereocenters. The molecule has 108 valence electrons. The smallest absolute Gasteiger partial charge is 0.354 e. The molecule has 1 aromatic carbocycles. The summed E-state index contributed by atoms with van der Waals surface area (Å²) in [4.78, 5) is 29.0. The average molecular weight is 285 g/mol. The summed E-state index contributed by atoms with van der Waals surface area (Å²) in [5, 5.41) is 12.9. The second kappa shape index (κ2) is 5.40. The highest BCUT2D eigenvalue weighted by atomic mass is 16.4. The molecule has 0 bridgehead atoms. The Morgan fingerprint density at radius 3 is 2.95 bits per heavy atom. The lowest BCUT2D eigenvalue weighted by Gasteiger charge is -2.23. The number of carboxylic acids is 1. The van der Waals surface area contributed by atoms with Crippen molar-refractivity contribution >= 4 is 28.5 Å². The van der Waals surface area contributed by atoms with Crippen LogP contribution in [0.4, 0.5) is 5.69 Å². The molecular weight excluding hydrogens is 270 g/mol. The standard InChI is InChI=1S/C15H15N3O3/c19-14-9-18(7-3-6-16-14)13-8-12(15(20)21)17-11-5-2-1-4-10(11)13/h1-2,4-5,8H,3,6-7,9H2,(H,16,19)(H,20,21). The molecule has 1 amide bonds. The molecule has 1 aliphatic heterocycles. The number of carbonyl (C=O) groups is 2. The van der Waals surface area contributed by atoms with Crippen LogP contribution in [0.3, 0.4) is 0 Å². The summed E-state index contributed by atoms with van der Waals surface area (Å²) in [7, 11) is 0. The molecule has 1 aliphatic rings. The molecule has 1 aromatic heterocycles. The van der Waals surface area contributed by atoms with Gasteiger partial charge in [0.05, 0.1) is 12.1 Å². The third kappa shape index (κ3) is 2.65. The van der Waals surface area contributed by atoms with Gasteiger partial charge in [-0.05, 0) is 18.6 Å². The van der Waals surface area contributed by atoms with Gasteiger partial charge in [-0.1, -0.05) is 18.2 Å². The van der Waals surface area contributed by atoms with Gasteiger partial charge in [0.2, 0.25) is 5.91 Å². The van der Waals surface area contributed by atoms with Gasteiger partial charge in [-0.2, -0.15) is 0 Å². The highest BCUT2D eigenvalue weighted by molar-refractivity contribution is 5.98. The van der Waals surface area contributed by atoms with E-state index in [1.807, 2.05) is 23.1 Å². The monoisotopic (exact) mass is 285 g/mol. The molecule has 2 N–H and O–H groups in total. The van der Waals surface area contributed by atoms with Gasteiger partial charge in [-0.25, -0.2) is 9.78 Å². The lowest BCUT2D eigenvalue weighted by molar-refractivity contribution is -0.119. The van der Waals surface area contributed by atoms with Crippen LogP contribution in [0, 0.1) is 0 Å². The summed E-state index contributed by atoms with van der Waals surface area (Å²) in [5.74, 6) is -1.12. The Hall–Kier alpha value is -2.63. The van der Waals surface area contributed by atoms with Gasteiger partial charge in [0.25, 0.3) is 0 Å². The number of carboxylic acid groups (broad SMARTS) is 1. The fourth-order valence-electron chi connectivity index (χ4n) is 2.54. The van der Waals surface area contributed by atoms with Gasteiger partial charge in [-0.15, -0.1) is 0 Å². The first-order chi connectivity index (χ1) is 10.1. The Kier molecular flexibility index (Phi) is 3.43. The number of hydrogen-bond acceptors (Lipinski definition) is 4. The van der Waals surface area contributed by atoms with Gasteiger partial charge >= 0.3 is 5.97 Å². The van der Waals surface area contributed by atoms with Crippen molar-refractivity contribution < 1.29 is 14.7 Å². The van der Waals surface area contributed by atoms with Crippen molar-refractivity contribution in [1.82, 2.24) is 10.3 Å². The molecule has 2 aromatic rings. The predicted octanol–water partition coefficient (Wildman–Crippen LogP) is 1.26. The number of rotatable bonds is 2. The van der Waals surface area contributed by atoms with Crippen molar-refractivity contribution in [2.75, 3.05) is 24.5 Å². The van der Waals surface area contributed by atoms with Crippen LogP contribution in [0.2, 0.25) is 0 Å². The minimum atomic E-state index is -1.07. The number of benzene rings is 1. The Morgan fingerprint density at radius 1 is 1.33 bits per heavy atom. The van der Waals surface area contributed by atoms with Crippen molar-refractivity contribution in [2.24, 2.45) is 0 Å². The van der Waals surface area contributed by atoms with Crippen LogP contribution in [-0.4, -0.2) is 41.6 Å². The van der Waals surface area contributed by atoms with E-state index < -0.39 is 5.97 Å². The number of nitrogens with one attached hydrogen (secondary N) is 1. The topological polar surface area (TPSA) is 82.5 Å². The van der Waals surface area contributed by atoms with Crippen molar-refractivity contribution in [3.05, 3.63) is 36.0 Å². The highest BCUT2D eigenvalue weighted by Gasteiger charge is 2.19. The van der Waals surface area contributed by atoms with E-state index in [4.69, 9.17) is 0 Å². The fourth-order valence-corrected chi connectivity index (χ4v) is 2.54. The zero-order chi connectivity index (χ0) is 14.8. The van der Waals surface area contributed by atoms with E-state index >= 15 is 0 Å². The molecule has 1 saturated heterocycles. The zero-order valence-corrected chi connectivity index (χ0v) is 11.4. The molecule has 0 saturated carbocycles. The molecule has 0 radical (unpaired) electrons. The van der Waals surface area contributed by atoms with Gasteiger partial charge in [-0.3, -0.25) is 4.79 Å². The van der Waals surface area contributed by atoms with E-state index in [2.05, 4.69) is 10.3 Å². The van der Waals surface area contributed by atoms with E-state index in [9.17, 15) is 14.7 Å². The number of aromatic carboxylic acids is 1. The molecule has 1 fully saturated rings. The summed E-state index contributed by atoms with van der Waals surface area (Å²) in [5.41, 5.74) is 1.36. The lowest BCUT2D eigenvalue weighted by atomic mass is 10.1. The maximum absolute atomic E-state index is 11.7. The third-order valence-electron chi connectivity index (χ3n) is 3.52. The highest BCUT2D eigenvalue weighted by Crippen LogP contribution is 2.27. The van der Waals surface area contributed by atoms with Gasteiger partial charge in [0, 0.05) is 24.2 Å². The molecular formula is C15H15N3O3. The second-order valence-electron chi connectivity index (χ2n) is 4.97. The maximum atomic E-state index is 11.7. The Morgan fingerprint density at radius 2 is 2.14 bits per heavy atom. The van der Waals surface area contributed by atoms with Crippen LogP contribution in [0.5, 0.6) is 0 Å². The fraction of sp³-hybridized carbons (Fsp3) is 0.267.